The van der Waals surface area contributed by atoms with Gasteiger partial charge in [0.25, 0.3) is 0 Å². The van der Waals surface area contributed by atoms with Gasteiger partial charge in [-0.25, -0.2) is 8.42 Å². The molecular formula is C17H31NO3S. The molecule has 0 N–H and O–H groups in total. The Morgan fingerprint density at radius 1 is 1.09 bits per heavy atom. The van der Waals surface area contributed by atoms with Gasteiger partial charge in [-0.05, 0) is 43.9 Å². The van der Waals surface area contributed by atoms with Gasteiger partial charge in [0.2, 0.25) is 5.91 Å². The fourth-order valence-electron chi connectivity index (χ4n) is 4.08. The molecule has 1 aliphatic carbocycles. The van der Waals surface area contributed by atoms with Crippen LogP contribution in [0.2, 0.25) is 0 Å². The van der Waals surface area contributed by atoms with Crippen molar-refractivity contribution >= 4 is 15.7 Å². The number of piperidine rings is 1. The van der Waals surface area contributed by atoms with Gasteiger partial charge in [0.1, 0.15) is 5.25 Å². The van der Waals surface area contributed by atoms with Crippen LogP contribution in [0.15, 0.2) is 0 Å². The Bertz CT molecular complexity index is 472. The van der Waals surface area contributed by atoms with E-state index in [1.165, 1.54) is 6.42 Å². The normalized spacial score (nSPS) is 29.3. The summed E-state index contributed by atoms with van der Waals surface area (Å²) < 4.78 is 25.2. The van der Waals surface area contributed by atoms with Crippen molar-refractivity contribution in [3.8, 4) is 0 Å². The molecule has 22 heavy (non-hydrogen) atoms. The van der Waals surface area contributed by atoms with Crippen LogP contribution in [0.4, 0.5) is 0 Å². The number of hydrogen-bond acceptors (Lipinski definition) is 3. The minimum Gasteiger partial charge on any atom is -0.341 e. The summed E-state index contributed by atoms with van der Waals surface area (Å²) in [6.45, 7) is 7.26. The van der Waals surface area contributed by atoms with Crippen molar-refractivity contribution in [2.75, 3.05) is 18.8 Å². The molecule has 5 heteroatoms. The van der Waals surface area contributed by atoms with Gasteiger partial charge >= 0.3 is 0 Å². The van der Waals surface area contributed by atoms with Crippen molar-refractivity contribution in [1.82, 2.24) is 4.90 Å². The number of amides is 1. The monoisotopic (exact) mass is 329 g/mol. The molecule has 2 fully saturated rings. The second kappa shape index (κ2) is 7.33. The van der Waals surface area contributed by atoms with Gasteiger partial charge in [0, 0.05) is 13.1 Å². The van der Waals surface area contributed by atoms with Gasteiger partial charge in [-0.3, -0.25) is 4.79 Å². The highest BCUT2D eigenvalue weighted by Crippen LogP contribution is 2.27. The van der Waals surface area contributed by atoms with Crippen molar-refractivity contribution in [3.05, 3.63) is 0 Å². The molecule has 1 aliphatic heterocycles. The van der Waals surface area contributed by atoms with Crippen LogP contribution in [-0.4, -0.2) is 43.3 Å². The van der Waals surface area contributed by atoms with Gasteiger partial charge in [-0.15, -0.1) is 0 Å². The quantitative estimate of drug-likeness (QED) is 0.797. The Balaban J connectivity index is 1.98. The third kappa shape index (κ3) is 4.46. The van der Waals surface area contributed by atoms with E-state index in [0.29, 0.717) is 24.9 Å². The molecule has 0 radical (unpaired) electrons. The Kier molecular flexibility index (Phi) is 5.92. The lowest BCUT2D eigenvalue weighted by Crippen LogP contribution is -2.48. The molecule has 1 amide bonds. The third-order valence-electron chi connectivity index (χ3n) is 5.26. The first kappa shape index (κ1) is 17.8. The predicted molar refractivity (Wildman–Crippen MR) is 89.3 cm³/mol. The molecule has 1 saturated carbocycles. The molecule has 0 spiro atoms. The highest BCUT2D eigenvalue weighted by atomic mass is 32.2. The summed E-state index contributed by atoms with van der Waals surface area (Å²) in [7, 11) is -3.33. The number of hydrogen-bond donors (Lipinski definition) is 0. The summed E-state index contributed by atoms with van der Waals surface area (Å²) in [5, 5.41) is -0.882. The van der Waals surface area contributed by atoms with Crippen LogP contribution in [0.25, 0.3) is 0 Å². The molecule has 4 nitrogen and oxygen atoms in total. The maximum atomic E-state index is 12.6. The zero-order valence-corrected chi connectivity index (χ0v) is 15.1. The molecule has 128 valence electrons. The minimum absolute atomic E-state index is 0.186. The summed E-state index contributed by atoms with van der Waals surface area (Å²) in [5.74, 6) is 1.18. The summed E-state index contributed by atoms with van der Waals surface area (Å²) >= 11 is 0. The first-order valence-corrected chi connectivity index (χ1v) is 10.5. The van der Waals surface area contributed by atoms with E-state index in [1.807, 2.05) is 0 Å². The van der Waals surface area contributed by atoms with Gasteiger partial charge in [0.05, 0.1) is 5.75 Å². The molecule has 0 unspecified atom stereocenters. The average molecular weight is 330 g/mol. The maximum Gasteiger partial charge on any atom is 0.240 e. The maximum absolute atomic E-state index is 12.6. The number of sulfone groups is 1. The number of nitrogens with zero attached hydrogens (tertiary/aromatic N) is 1. The van der Waals surface area contributed by atoms with E-state index in [0.717, 1.165) is 32.1 Å². The topological polar surface area (TPSA) is 54.5 Å². The van der Waals surface area contributed by atoms with E-state index in [9.17, 15) is 13.2 Å². The summed E-state index contributed by atoms with van der Waals surface area (Å²) in [4.78, 5) is 14.4. The van der Waals surface area contributed by atoms with Gasteiger partial charge in [-0.1, -0.05) is 33.1 Å². The van der Waals surface area contributed by atoms with Crippen molar-refractivity contribution in [2.45, 2.75) is 64.5 Å². The first-order chi connectivity index (χ1) is 10.3. The van der Waals surface area contributed by atoms with Crippen LogP contribution in [0.1, 0.15) is 59.3 Å². The fraction of sp³-hybridized carbons (Fsp3) is 0.941. The SMILES string of the molecule is C[C@@H]1C[C@@H](C)CN(C(=O)[C@H](C)S(=O)(=O)CC2CCCCC2)C1. The first-order valence-electron chi connectivity index (χ1n) is 8.80. The Morgan fingerprint density at radius 2 is 1.64 bits per heavy atom. The van der Waals surface area contributed by atoms with Crippen LogP contribution in [0.5, 0.6) is 0 Å². The van der Waals surface area contributed by atoms with Gasteiger partial charge in [0.15, 0.2) is 9.84 Å². The van der Waals surface area contributed by atoms with Crippen LogP contribution in [0, 0.1) is 17.8 Å². The van der Waals surface area contributed by atoms with Crippen LogP contribution < -0.4 is 0 Å². The minimum atomic E-state index is -3.33. The number of rotatable bonds is 4. The average Bonchev–Trinajstić information content (AvgIpc) is 2.45. The Morgan fingerprint density at radius 3 is 2.18 bits per heavy atom. The molecule has 0 aromatic rings. The molecule has 0 bridgehead atoms. The molecular weight excluding hydrogens is 298 g/mol. The van der Waals surface area contributed by atoms with E-state index in [4.69, 9.17) is 0 Å². The Labute approximate surface area is 135 Å². The van der Waals surface area contributed by atoms with Gasteiger partial charge in [-0.2, -0.15) is 0 Å². The highest BCUT2D eigenvalue weighted by Gasteiger charge is 2.36. The van der Waals surface area contributed by atoms with Crippen molar-refractivity contribution in [2.24, 2.45) is 17.8 Å². The molecule has 2 aliphatic rings. The van der Waals surface area contributed by atoms with Crippen LogP contribution >= 0.6 is 0 Å². The zero-order chi connectivity index (χ0) is 16.3. The fourth-order valence-corrected chi connectivity index (χ4v) is 5.82. The lowest BCUT2D eigenvalue weighted by atomic mass is 9.91. The molecule has 0 aromatic carbocycles. The van der Waals surface area contributed by atoms with Crippen molar-refractivity contribution < 1.29 is 13.2 Å². The van der Waals surface area contributed by atoms with Crippen LogP contribution in [0.3, 0.4) is 0 Å². The second-order valence-electron chi connectivity index (χ2n) is 7.67. The molecule has 2 rings (SSSR count). The lowest BCUT2D eigenvalue weighted by molar-refractivity contribution is -0.133. The van der Waals surface area contributed by atoms with E-state index >= 15 is 0 Å². The number of likely N-dealkylation sites (tertiary alicyclic amines) is 1. The standard InChI is InChI=1S/C17H31NO3S/c1-13-9-14(2)11-18(10-13)17(19)15(3)22(20,21)12-16-7-5-4-6-8-16/h13-16H,4-12H2,1-3H3/t13-,14-,15+/m1/s1. The largest absolute Gasteiger partial charge is 0.341 e. The summed E-state index contributed by atoms with van der Waals surface area (Å²) in [6.07, 6.45) is 6.59. The lowest BCUT2D eigenvalue weighted by Gasteiger charge is -2.36. The van der Waals surface area contributed by atoms with Crippen molar-refractivity contribution in [3.63, 3.8) is 0 Å². The molecule has 0 aromatic heterocycles. The van der Waals surface area contributed by atoms with Crippen molar-refractivity contribution in [1.29, 1.82) is 0 Å². The van der Waals surface area contributed by atoms with Gasteiger partial charge < -0.3 is 4.90 Å². The third-order valence-corrected chi connectivity index (χ3v) is 7.47. The second-order valence-corrected chi connectivity index (χ2v) is 10.0. The number of carbonyl (C=O) groups is 1. The zero-order valence-electron chi connectivity index (χ0n) is 14.3. The van der Waals surface area contributed by atoms with Crippen LogP contribution in [-0.2, 0) is 14.6 Å². The summed E-state index contributed by atoms with van der Waals surface area (Å²) in [6, 6.07) is 0. The molecule has 1 heterocycles. The number of carbonyl (C=O) groups excluding carboxylic acids is 1. The van der Waals surface area contributed by atoms with E-state index in [1.54, 1.807) is 11.8 Å². The molecule has 1 saturated heterocycles. The highest BCUT2D eigenvalue weighted by molar-refractivity contribution is 7.92. The summed E-state index contributed by atoms with van der Waals surface area (Å²) in [5.41, 5.74) is 0. The Hall–Kier alpha value is -0.580. The smallest absolute Gasteiger partial charge is 0.240 e. The van der Waals surface area contributed by atoms with E-state index in [2.05, 4.69) is 13.8 Å². The predicted octanol–water partition coefficient (Wildman–Crippen LogP) is 2.87. The molecule has 3 atom stereocenters. The van der Waals surface area contributed by atoms with E-state index in [-0.39, 0.29) is 17.6 Å². The van der Waals surface area contributed by atoms with E-state index < -0.39 is 15.1 Å².